The van der Waals surface area contributed by atoms with E-state index in [1.165, 1.54) is 16.4 Å². The molecule has 3 fully saturated rings. The van der Waals surface area contributed by atoms with Crippen LogP contribution in [0.5, 0.6) is 0 Å². The third kappa shape index (κ3) is 3.72. The highest BCUT2D eigenvalue weighted by Crippen LogP contribution is 2.47. The van der Waals surface area contributed by atoms with Crippen molar-refractivity contribution >= 4 is 15.9 Å². The summed E-state index contributed by atoms with van der Waals surface area (Å²) in [5.74, 6) is -4.07. The number of rotatable bonds is 5. The van der Waals surface area contributed by atoms with Crippen LogP contribution in [0.1, 0.15) is 6.42 Å². The van der Waals surface area contributed by atoms with Gasteiger partial charge in [0.1, 0.15) is 11.9 Å². The van der Waals surface area contributed by atoms with Crippen molar-refractivity contribution in [1.29, 1.82) is 5.26 Å². The minimum Gasteiger partial charge on any atom is -0.319 e. The van der Waals surface area contributed by atoms with Gasteiger partial charge in [-0.15, -0.1) is 0 Å². The maximum Gasteiger partial charge on any atom is 0.268 e. The standard InChI is InChI=1S/C18H19F3N4O3S/c19-11-1-3-13(4-2-11)29(27,28)24-8-14-15(9-24)17(14)23-7-16(26)25-10-18(20,21)5-12(25)6-22/h1-4,12,14-15,17,23H,5,7-10H2/t12-,14?,15?,17?/m0/s1. The Morgan fingerprint density at radius 2 is 1.86 bits per heavy atom. The van der Waals surface area contributed by atoms with Crippen molar-refractivity contribution in [3.63, 3.8) is 0 Å². The smallest absolute Gasteiger partial charge is 0.268 e. The van der Waals surface area contributed by atoms with Crippen LogP contribution in [0.25, 0.3) is 0 Å². The summed E-state index contributed by atoms with van der Waals surface area (Å²) in [4.78, 5) is 13.2. The number of fused-ring (bicyclic) bond motifs is 1. The second-order valence-electron chi connectivity index (χ2n) is 7.74. The van der Waals surface area contributed by atoms with E-state index in [0.717, 1.165) is 17.0 Å². The molecule has 1 saturated carbocycles. The van der Waals surface area contributed by atoms with Gasteiger partial charge < -0.3 is 10.2 Å². The van der Waals surface area contributed by atoms with Crippen LogP contribution < -0.4 is 5.32 Å². The van der Waals surface area contributed by atoms with Gasteiger partial charge in [0.05, 0.1) is 24.1 Å². The van der Waals surface area contributed by atoms with E-state index in [9.17, 15) is 26.4 Å². The summed E-state index contributed by atoms with van der Waals surface area (Å²) in [6, 6.07) is 5.17. The number of sulfonamides is 1. The van der Waals surface area contributed by atoms with E-state index < -0.39 is 46.7 Å². The minimum atomic E-state index is -3.71. The Bertz CT molecular complexity index is 952. The highest BCUT2D eigenvalue weighted by molar-refractivity contribution is 7.89. The topological polar surface area (TPSA) is 93.5 Å². The third-order valence-corrected chi connectivity index (χ3v) is 7.69. The molecular formula is C18H19F3N4O3S. The summed E-state index contributed by atoms with van der Waals surface area (Å²) >= 11 is 0. The number of nitrogens with one attached hydrogen (secondary N) is 1. The van der Waals surface area contributed by atoms with Gasteiger partial charge in [-0.3, -0.25) is 4.79 Å². The lowest BCUT2D eigenvalue weighted by Gasteiger charge is -2.21. The number of nitrogens with zero attached hydrogens (tertiary/aromatic N) is 3. The average molecular weight is 428 g/mol. The maximum atomic E-state index is 13.5. The molecule has 2 unspecified atom stereocenters. The summed E-state index contributed by atoms with van der Waals surface area (Å²) in [6.45, 7) is -0.374. The van der Waals surface area contributed by atoms with Gasteiger partial charge in [-0.1, -0.05) is 0 Å². The molecule has 11 heteroatoms. The summed E-state index contributed by atoms with van der Waals surface area (Å²) in [7, 11) is -3.71. The molecule has 0 bridgehead atoms. The van der Waals surface area contributed by atoms with Crippen molar-refractivity contribution in [3.8, 4) is 6.07 Å². The van der Waals surface area contributed by atoms with Crippen molar-refractivity contribution in [1.82, 2.24) is 14.5 Å². The largest absolute Gasteiger partial charge is 0.319 e. The van der Waals surface area contributed by atoms with Gasteiger partial charge in [0.25, 0.3) is 5.92 Å². The first-order chi connectivity index (χ1) is 13.6. The van der Waals surface area contributed by atoms with Gasteiger partial charge in [0, 0.05) is 25.6 Å². The Hall–Kier alpha value is -2.16. The first-order valence-corrected chi connectivity index (χ1v) is 10.6. The molecule has 29 heavy (non-hydrogen) atoms. The zero-order valence-electron chi connectivity index (χ0n) is 15.3. The van der Waals surface area contributed by atoms with E-state index in [4.69, 9.17) is 5.26 Å². The van der Waals surface area contributed by atoms with Crippen molar-refractivity contribution in [2.45, 2.75) is 29.3 Å². The molecule has 2 heterocycles. The summed E-state index contributed by atoms with van der Waals surface area (Å²) in [5.41, 5.74) is 0. The van der Waals surface area contributed by atoms with Gasteiger partial charge in [-0.25, -0.2) is 21.6 Å². The van der Waals surface area contributed by atoms with E-state index in [1.807, 2.05) is 0 Å². The molecule has 1 aromatic carbocycles. The number of alkyl halides is 2. The fraction of sp³-hybridized carbons (Fsp3) is 0.556. The molecule has 2 aliphatic heterocycles. The van der Waals surface area contributed by atoms with Gasteiger partial charge in [-0.2, -0.15) is 9.57 Å². The Balaban J connectivity index is 1.30. The van der Waals surface area contributed by atoms with E-state index in [1.54, 1.807) is 6.07 Å². The highest BCUT2D eigenvalue weighted by atomic mass is 32.2. The number of nitriles is 1. The Morgan fingerprint density at radius 1 is 1.24 bits per heavy atom. The summed E-state index contributed by atoms with van der Waals surface area (Å²) in [5, 5.41) is 12.0. The first kappa shape index (κ1) is 20.1. The van der Waals surface area contributed by atoms with Crippen molar-refractivity contribution in [2.24, 2.45) is 11.8 Å². The predicted octanol–water partition coefficient (Wildman–Crippen LogP) is 0.794. The van der Waals surface area contributed by atoms with Crippen LogP contribution in [0.15, 0.2) is 29.2 Å². The SMILES string of the molecule is N#C[C@@H]1CC(F)(F)CN1C(=O)CNC1C2CN(S(=O)(=O)c3ccc(F)cc3)CC21. The Kier molecular flexibility index (Phi) is 4.83. The molecular weight excluding hydrogens is 409 g/mol. The number of carbonyl (C=O) groups is 1. The molecule has 3 aliphatic rings. The van der Waals surface area contributed by atoms with Crippen LogP contribution in [0.3, 0.4) is 0 Å². The number of amides is 1. The van der Waals surface area contributed by atoms with E-state index in [-0.39, 0.29) is 42.4 Å². The molecule has 1 N–H and O–H groups in total. The lowest BCUT2D eigenvalue weighted by Crippen LogP contribution is -2.43. The lowest BCUT2D eigenvalue weighted by atomic mass is 10.2. The zero-order chi connectivity index (χ0) is 21.0. The number of halogens is 3. The van der Waals surface area contributed by atoms with E-state index in [0.29, 0.717) is 0 Å². The third-order valence-electron chi connectivity index (χ3n) is 5.84. The maximum absolute atomic E-state index is 13.5. The fourth-order valence-electron chi connectivity index (χ4n) is 4.24. The molecule has 1 aliphatic carbocycles. The number of carbonyl (C=O) groups excluding carboxylic acids is 1. The number of hydrogen-bond acceptors (Lipinski definition) is 5. The number of hydrogen-bond donors (Lipinski definition) is 1. The van der Waals surface area contributed by atoms with E-state index in [2.05, 4.69) is 5.32 Å². The molecule has 2 saturated heterocycles. The van der Waals surface area contributed by atoms with Crippen LogP contribution in [0, 0.1) is 29.0 Å². The van der Waals surface area contributed by atoms with E-state index >= 15 is 0 Å². The number of piperidine rings is 1. The van der Waals surface area contributed by atoms with Gasteiger partial charge in [0.2, 0.25) is 15.9 Å². The minimum absolute atomic E-state index is 0.0254. The number of benzene rings is 1. The van der Waals surface area contributed by atoms with Crippen molar-refractivity contribution in [3.05, 3.63) is 30.1 Å². The molecule has 0 aromatic heterocycles. The molecule has 0 spiro atoms. The summed E-state index contributed by atoms with van der Waals surface area (Å²) in [6.07, 6.45) is -0.653. The van der Waals surface area contributed by atoms with Crippen molar-refractivity contribution < 1.29 is 26.4 Å². The molecule has 7 nitrogen and oxygen atoms in total. The fourth-order valence-corrected chi connectivity index (χ4v) is 5.76. The van der Waals surface area contributed by atoms with Crippen LogP contribution in [0.4, 0.5) is 13.2 Å². The second kappa shape index (κ2) is 6.97. The zero-order valence-corrected chi connectivity index (χ0v) is 16.1. The predicted molar refractivity (Wildman–Crippen MR) is 94.6 cm³/mol. The monoisotopic (exact) mass is 428 g/mol. The van der Waals surface area contributed by atoms with Crippen LogP contribution in [-0.4, -0.2) is 67.7 Å². The Labute approximate surface area is 166 Å². The van der Waals surface area contributed by atoms with Gasteiger partial charge >= 0.3 is 0 Å². The molecule has 3 atom stereocenters. The quantitative estimate of drug-likeness (QED) is 0.749. The first-order valence-electron chi connectivity index (χ1n) is 9.18. The molecule has 0 radical (unpaired) electrons. The average Bonchev–Trinajstić information content (AvgIpc) is 3.00. The van der Waals surface area contributed by atoms with Crippen molar-refractivity contribution in [2.75, 3.05) is 26.2 Å². The van der Waals surface area contributed by atoms with Crippen LogP contribution in [-0.2, 0) is 14.8 Å². The highest BCUT2D eigenvalue weighted by Gasteiger charge is 2.58. The van der Waals surface area contributed by atoms with Crippen LogP contribution >= 0.6 is 0 Å². The Morgan fingerprint density at radius 3 is 2.45 bits per heavy atom. The second-order valence-corrected chi connectivity index (χ2v) is 9.67. The van der Waals surface area contributed by atoms with Gasteiger partial charge in [0.15, 0.2) is 0 Å². The number of likely N-dealkylation sites (tertiary alicyclic amines) is 1. The summed E-state index contributed by atoms with van der Waals surface area (Å²) < 4.78 is 66.5. The van der Waals surface area contributed by atoms with Gasteiger partial charge in [-0.05, 0) is 36.1 Å². The molecule has 4 rings (SSSR count). The normalized spacial score (nSPS) is 30.8. The molecule has 1 amide bonds. The van der Waals surface area contributed by atoms with Crippen LogP contribution in [0.2, 0.25) is 0 Å². The lowest BCUT2D eigenvalue weighted by molar-refractivity contribution is -0.131. The molecule has 1 aromatic rings. The molecule has 156 valence electrons.